The van der Waals surface area contributed by atoms with E-state index in [-0.39, 0.29) is 29.8 Å². The van der Waals surface area contributed by atoms with Crippen LogP contribution >= 0.6 is 35.3 Å². The first kappa shape index (κ1) is 22.6. The molecule has 0 saturated heterocycles. The zero-order valence-corrected chi connectivity index (χ0v) is 19.4. The number of rotatable bonds is 8. The van der Waals surface area contributed by atoms with Gasteiger partial charge in [0.25, 0.3) is 0 Å². The van der Waals surface area contributed by atoms with E-state index in [1.807, 2.05) is 12.3 Å². The Morgan fingerprint density at radius 2 is 2.11 bits per heavy atom. The number of halogens is 2. The maximum Gasteiger partial charge on any atom is 0.191 e. The van der Waals surface area contributed by atoms with Crippen molar-refractivity contribution in [1.82, 2.24) is 20.6 Å². The molecule has 8 heteroatoms. The Morgan fingerprint density at radius 3 is 2.86 bits per heavy atom. The van der Waals surface area contributed by atoms with Crippen LogP contribution in [0, 0.1) is 5.82 Å². The number of aromatic amines is 1. The smallest absolute Gasteiger partial charge is 0.191 e. The number of fused-ring (bicyclic) bond motifs is 1. The summed E-state index contributed by atoms with van der Waals surface area (Å²) in [7, 11) is 0. The van der Waals surface area contributed by atoms with Crippen LogP contribution in [0.5, 0.6) is 0 Å². The van der Waals surface area contributed by atoms with Crippen LogP contribution in [-0.2, 0) is 19.3 Å². The summed E-state index contributed by atoms with van der Waals surface area (Å²) < 4.78 is 13.3. The molecule has 0 saturated carbocycles. The average molecular weight is 515 g/mol. The molecule has 0 atom stereocenters. The Kier molecular flexibility index (Phi) is 9.17. The molecule has 0 radical (unpaired) electrons. The van der Waals surface area contributed by atoms with Crippen molar-refractivity contribution in [2.24, 2.45) is 4.99 Å². The third-order valence-corrected chi connectivity index (χ3v) is 5.34. The minimum atomic E-state index is -0.221. The van der Waals surface area contributed by atoms with Crippen molar-refractivity contribution < 1.29 is 4.39 Å². The van der Waals surface area contributed by atoms with Gasteiger partial charge in [0.05, 0.1) is 10.7 Å². The number of guanidine groups is 1. The van der Waals surface area contributed by atoms with Crippen molar-refractivity contribution in [2.45, 2.75) is 33.1 Å². The highest BCUT2D eigenvalue weighted by Crippen LogP contribution is 2.19. The first-order chi connectivity index (χ1) is 13.2. The van der Waals surface area contributed by atoms with E-state index in [9.17, 15) is 4.39 Å². The Bertz CT molecular complexity index is 905. The molecule has 0 unspecified atom stereocenters. The Balaban J connectivity index is 0.00000280. The number of hydrogen-bond donors (Lipinski definition) is 3. The molecule has 5 nitrogen and oxygen atoms in total. The van der Waals surface area contributed by atoms with Gasteiger partial charge in [-0.05, 0) is 43.5 Å². The van der Waals surface area contributed by atoms with Crippen molar-refractivity contribution in [2.75, 3.05) is 19.6 Å². The summed E-state index contributed by atoms with van der Waals surface area (Å²) in [6.45, 7) is 6.45. The van der Waals surface area contributed by atoms with E-state index in [2.05, 4.69) is 44.8 Å². The van der Waals surface area contributed by atoms with Crippen molar-refractivity contribution in [3.8, 4) is 0 Å². The molecule has 0 bridgehead atoms. The van der Waals surface area contributed by atoms with Crippen LogP contribution in [0.25, 0.3) is 10.9 Å². The number of nitrogens with one attached hydrogen (secondary N) is 3. The summed E-state index contributed by atoms with van der Waals surface area (Å²) >= 11 is 1.72. The fourth-order valence-corrected chi connectivity index (χ4v) is 3.71. The minimum absolute atomic E-state index is 0. The highest BCUT2D eigenvalue weighted by atomic mass is 127. The molecule has 1 aromatic carbocycles. The lowest BCUT2D eigenvalue weighted by Crippen LogP contribution is -2.38. The molecule has 0 amide bonds. The number of benzene rings is 1. The molecule has 0 aliphatic carbocycles. The van der Waals surface area contributed by atoms with Crippen molar-refractivity contribution in [3.05, 3.63) is 51.9 Å². The lowest BCUT2D eigenvalue weighted by Gasteiger charge is -2.11. The van der Waals surface area contributed by atoms with Gasteiger partial charge in [-0.25, -0.2) is 9.37 Å². The van der Waals surface area contributed by atoms with Crippen molar-refractivity contribution in [1.29, 1.82) is 0 Å². The SMILES string of the molecule is CCNC(=NCCc1csc(CC)n1)NCCc1c[nH]c2cc(F)ccc12.I. The Labute approximate surface area is 186 Å². The molecular formula is C20H27FIN5S. The molecular weight excluding hydrogens is 488 g/mol. The number of hydrogen-bond acceptors (Lipinski definition) is 3. The largest absolute Gasteiger partial charge is 0.361 e. The monoisotopic (exact) mass is 515 g/mol. The van der Waals surface area contributed by atoms with E-state index in [1.165, 1.54) is 22.7 Å². The topological polar surface area (TPSA) is 65.1 Å². The fraction of sp³-hybridized carbons (Fsp3) is 0.400. The first-order valence-corrected chi connectivity index (χ1v) is 10.3. The van der Waals surface area contributed by atoms with Crippen LogP contribution < -0.4 is 10.6 Å². The van der Waals surface area contributed by atoms with Gasteiger partial charge in [0.2, 0.25) is 0 Å². The Hall–Kier alpha value is -1.68. The summed E-state index contributed by atoms with van der Waals surface area (Å²) in [5, 5.41) is 11.0. The number of aromatic nitrogens is 2. The van der Waals surface area contributed by atoms with Gasteiger partial charge < -0.3 is 15.6 Å². The quantitative estimate of drug-likeness (QED) is 0.238. The second-order valence-electron chi connectivity index (χ2n) is 6.28. The number of aliphatic imine (C=N–C) groups is 1. The van der Waals surface area contributed by atoms with Crippen molar-refractivity contribution >= 4 is 52.2 Å². The third kappa shape index (κ3) is 6.16. The lowest BCUT2D eigenvalue weighted by atomic mass is 10.1. The van der Waals surface area contributed by atoms with Crippen LogP contribution in [-0.4, -0.2) is 35.6 Å². The molecule has 2 aromatic heterocycles. The number of thiazole rings is 1. The maximum atomic E-state index is 13.3. The zero-order chi connectivity index (χ0) is 19.1. The van der Waals surface area contributed by atoms with E-state index in [0.29, 0.717) is 6.54 Å². The van der Waals surface area contributed by atoms with Gasteiger partial charge >= 0.3 is 0 Å². The summed E-state index contributed by atoms with van der Waals surface area (Å²) in [4.78, 5) is 12.4. The van der Waals surface area contributed by atoms with Crippen LogP contribution in [0.4, 0.5) is 4.39 Å². The molecule has 152 valence electrons. The summed E-state index contributed by atoms with van der Waals surface area (Å²) in [5.41, 5.74) is 3.12. The van der Waals surface area contributed by atoms with Gasteiger partial charge in [0.15, 0.2) is 5.96 Å². The van der Waals surface area contributed by atoms with Crippen LogP contribution in [0.1, 0.15) is 30.1 Å². The van der Waals surface area contributed by atoms with Gasteiger partial charge in [-0.1, -0.05) is 6.92 Å². The molecule has 28 heavy (non-hydrogen) atoms. The lowest BCUT2D eigenvalue weighted by molar-refractivity contribution is 0.629. The molecule has 3 N–H and O–H groups in total. The Morgan fingerprint density at radius 1 is 1.25 bits per heavy atom. The third-order valence-electron chi connectivity index (χ3n) is 4.30. The molecule has 0 spiro atoms. The number of nitrogens with zero attached hydrogens (tertiary/aromatic N) is 2. The van der Waals surface area contributed by atoms with E-state index < -0.39 is 0 Å². The van der Waals surface area contributed by atoms with Crippen LogP contribution in [0.15, 0.2) is 34.8 Å². The van der Waals surface area contributed by atoms with Gasteiger partial charge in [0, 0.05) is 48.5 Å². The zero-order valence-electron chi connectivity index (χ0n) is 16.2. The first-order valence-electron chi connectivity index (χ1n) is 9.40. The standard InChI is InChI=1S/C20H26FN5S.HI/c1-3-19-26-16(13-27-19)8-10-24-20(22-4-2)23-9-7-14-12-25-18-11-15(21)5-6-17(14)18;/h5-6,11-13,25H,3-4,7-10H2,1-2H3,(H2,22,23,24);1H. The molecule has 2 heterocycles. The molecule has 3 rings (SSSR count). The normalized spacial score (nSPS) is 11.5. The minimum Gasteiger partial charge on any atom is -0.361 e. The predicted molar refractivity (Wildman–Crippen MR) is 127 cm³/mol. The second-order valence-corrected chi connectivity index (χ2v) is 7.22. The molecule has 0 aliphatic heterocycles. The molecule has 0 fully saturated rings. The number of H-pyrrole nitrogens is 1. The molecule has 3 aromatic rings. The van der Waals surface area contributed by atoms with Gasteiger partial charge in [-0.3, -0.25) is 4.99 Å². The fourth-order valence-electron chi connectivity index (χ4n) is 2.93. The van der Waals surface area contributed by atoms with E-state index in [4.69, 9.17) is 0 Å². The van der Waals surface area contributed by atoms with Crippen LogP contribution in [0.2, 0.25) is 0 Å². The molecule has 0 aliphatic rings. The average Bonchev–Trinajstić information content (AvgIpc) is 3.28. The van der Waals surface area contributed by atoms with Gasteiger partial charge in [-0.15, -0.1) is 35.3 Å². The highest BCUT2D eigenvalue weighted by molar-refractivity contribution is 14.0. The van der Waals surface area contributed by atoms with Crippen LogP contribution in [0.3, 0.4) is 0 Å². The second kappa shape index (κ2) is 11.4. The summed E-state index contributed by atoms with van der Waals surface area (Å²) in [6, 6.07) is 4.86. The van der Waals surface area contributed by atoms with E-state index in [1.54, 1.807) is 11.3 Å². The highest BCUT2D eigenvalue weighted by Gasteiger charge is 2.05. The number of aryl methyl sites for hydroxylation is 1. The van der Waals surface area contributed by atoms with Crippen molar-refractivity contribution in [3.63, 3.8) is 0 Å². The predicted octanol–water partition coefficient (Wildman–Crippen LogP) is 4.28. The van der Waals surface area contributed by atoms with E-state index in [0.717, 1.165) is 54.9 Å². The maximum absolute atomic E-state index is 13.3. The summed E-state index contributed by atoms with van der Waals surface area (Å²) in [5.74, 6) is 0.594. The van der Waals surface area contributed by atoms with Gasteiger partial charge in [-0.2, -0.15) is 0 Å². The summed E-state index contributed by atoms with van der Waals surface area (Å²) in [6.07, 6.45) is 4.62. The van der Waals surface area contributed by atoms with E-state index >= 15 is 0 Å². The van der Waals surface area contributed by atoms with Gasteiger partial charge in [0.1, 0.15) is 5.82 Å².